The van der Waals surface area contributed by atoms with Gasteiger partial charge in [0.05, 0.1) is 13.2 Å². The Morgan fingerprint density at radius 3 is 1.56 bits per heavy atom. The molecule has 0 aliphatic rings. The fourth-order valence-electron chi connectivity index (χ4n) is 4.16. The van der Waals surface area contributed by atoms with Crippen molar-refractivity contribution in [2.75, 3.05) is 26.4 Å². The van der Waals surface area contributed by atoms with Crippen LogP contribution in [0.15, 0.2) is 0 Å². The normalized spacial score (nSPS) is 13.6. The number of ether oxygens (including phenoxy) is 2. The third kappa shape index (κ3) is 27.0. The van der Waals surface area contributed by atoms with Crippen LogP contribution in [0.25, 0.3) is 0 Å². The van der Waals surface area contributed by atoms with E-state index in [0.29, 0.717) is 6.42 Å². The SMILES string of the molecule is CCCCCCCCCCCC(=O)OC[C@@H](COP(=O)(O)OCCN)OC(=O)CCCCCCCCCCC. The molecule has 3 N–H and O–H groups in total. The molecular formula is C29H58NO8P. The zero-order chi connectivity index (χ0) is 29.0. The Hall–Kier alpha value is -0.990. The number of hydrogen-bond donors (Lipinski definition) is 2. The van der Waals surface area contributed by atoms with Crippen molar-refractivity contribution in [1.29, 1.82) is 0 Å². The third-order valence-corrected chi connectivity index (χ3v) is 7.48. The monoisotopic (exact) mass is 579 g/mol. The molecule has 2 atom stereocenters. The number of carbonyl (C=O) groups is 2. The molecule has 0 bridgehead atoms. The van der Waals surface area contributed by atoms with Gasteiger partial charge in [0.25, 0.3) is 0 Å². The number of nitrogens with two attached hydrogens (primary N) is 1. The van der Waals surface area contributed by atoms with Crippen LogP contribution in [0.1, 0.15) is 142 Å². The van der Waals surface area contributed by atoms with Gasteiger partial charge in [-0.1, -0.05) is 117 Å². The zero-order valence-corrected chi connectivity index (χ0v) is 25.8. The highest BCUT2D eigenvalue weighted by Crippen LogP contribution is 2.43. The summed E-state index contributed by atoms with van der Waals surface area (Å²) in [7, 11) is -4.35. The van der Waals surface area contributed by atoms with Gasteiger partial charge < -0.3 is 20.1 Å². The highest BCUT2D eigenvalue weighted by Gasteiger charge is 2.25. The molecule has 0 aromatic heterocycles. The van der Waals surface area contributed by atoms with Crippen molar-refractivity contribution < 1.29 is 37.6 Å². The lowest BCUT2D eigenvalue weighted by Crippen LogP contribution is -2.29. The van der Waals surface area contributed by atoms with E-state index in [1.807, 2.05) is 0 Å². The summed E-state index contributed by atoms with van der Waals surface area (Å²) in [5, 5.41) is 0. The van der Waals surface area contributed by atoms with Crippen LogP contribution in [-0.4, -0.2) is 49.3 Å². The number of phosphoric ester groups is 1. The second-order valence-corrected chi connectivity index (χ2v) is 11.8. The van der Waals surface area contributed by atoms with Gasteiger partial charge in [-0.15, -0.1) is 0 Å². The molecule has 9 nitrogen and oxygen atoms in total. The number of esters is 2. The first-order chi connectivity index (χ1) is 18.8. The summed E-state index contributed by atoms with van der Waals surface area (Å²) >= 11 is 0. The minimum atomic E-state index is -4.35. The maximum atomic E-state index is 12.4. The molecule has 0 radical (unpaired) electrons. The second kappa shape index (κ2) is 27.2. The van der Waals surface area contributed by atoms with Gasteiger partial charge in [0, 0.05) is 19.4 Å². The van der Waals surface area contributed by atoms with Gasteiger partial charge >= 0.3 is 19.8 Å². The van der Waals surface area contributed by atoms with E-state index < -0.39 is 26.5 Å². The van der Waals surface area contributed by atoms with E-state index in [4.69, 9.17) is 24.3 Å². The van der Waals surface area contributed by atoms with E-state index in [1.165, 1.54) is 77.0 Å². The molecule has 0 aliphatic carbocycles. The summed E-state index contributed by atoms with van der Waals surface area (Å²) in [6.07, 6.45) is 20.0. The summed E-state index contributed by atoms with van der Waals surface area (Å²) < 4.78 is 32.3. The van der Waals surface area contributed by atoms with Crippen molar-refractivity contribution in [3.8, 4) is 0 Å². The molecule has 10 heteroatoms. The van der Waals surface area contributed by atoms with E-state index in [-0.39, 0.29) is 38.6 Å². The van der Waals surface area contributed by atoms with Gasteiger partial charge in [-0.25, -0.2) is 4.57 Å². The maximum absolute atomic E-state index is 12.4. The molecule has 0 heterocycles. The molecule has 0 aliphatic heterocycles. The highest BCUT2D eigenvalue weighted by molar-refractivity contribution is 7.47. The first-order valence-electron chi connectivity index (χ1n) is 15.5. The second-order valence-electron chi connectivity index (χ2n) is 10.3. The molecule has 0 saturated heterocycles. The lowest BCUT2D eigenvalue weighted by molar-refractivity contribution is -0.161. The summed E-state index contributed by atoms with van der Waals surface area (Å²) in [6.45, 7) is 3.66. The van der Waals surface area contributed by atoms with E-state index in [1.54, 1.807) is 0 Å². The van der Waals surface area contributed by atoms with Gasteiger partial charge in [0.2, 0.25) is 0 Å². The molecule has 0 aromatic rings. The van der Waals surface area contributed by atoms with Gasteiger partial charge in [0.1, 0.15) is 6.61 Å². The first-order valence-corrected chi connectivity index (χ1v) is 17.0. The zero-order valence-electron chi connectivity index (χ0n) is 24.9. The molecule has 0 aromatic carbocycles. The van der Waals surface area contributed by atoms with Crippen molar-refractivity contribution in [2.24, 2.45) is 5.73 Å². The van der Waals surface area contributed by atoms with Gasteiger partial charge in [-0.2, -0.15) is 0 Å². The summed E-state index contributed by atoms with van der Waals surface area (Å²) in [5.41, 5.74) is 5.29. The topological polar surface area (TPSA) is 134 Å². The smallest absolute Gasteiger partial charge is 0.462 e. The molecule has 0 fully saturated rings. The Labute approximate surface area is 237 Å². The van der Waals surface area contributed by atoms with Crippen LogP contribution < -0.4 is 5.73 Å². The number of unbranched alkanes of at least 4 members (excludes halogenated alkanes) is 16. The van der Waals surface area contributed by atoms with Gasteiger partial charge in [-0.05, 0) is 12.8 Å². The molecule has 232 valence electrons. The largest absolute Gasteiger partial charge is 0.472 e. The molecule has 0 rings (SSSR count). The molecule has 0 amide bonds. The average Bonchev–Trinajstić information content (AvgIpc) is 2.91. The summed E-state index contributed by atoms with van der Waals surface area (Å²) in [6, 6.07) is 0. The van der Waals surface area contributed by atoms with E-state index in [9.17, 15) is 19.0 Å². The van der Waals surface area contributed by atoms with Crippen molar-refractivity contribution in [3.05, 3.63) is 0 Å². The van der Waals surface area contributed by atoms with E-state index in [0.717, 1.165) is 32.1 Å². The fourth-order valence-corrected chi connectivity index (χ4v) is 4.93. The van der Waals surface area contributed by atoms with Crippen molar-refractivity contribution >= 4 is 19.8 Å². The predicted molar refractivity (Wildman–Crippen MR) is 155 cm³/mol. The average molecular weight is 580 g/mol. The Morgan fingerprint density at radius 2 is 1.10 bits per heavy atom. The van der Waals surface area contributed by atoms with Crippen molar-refractivity contribution in [3.63, 3.8) is 0 Å². The Bertz CT molecular complexity index is 634. The maximum Gasteiger partial charge on any atom is 0.472 e. The van der Waals surface area contributed by atoms with Gasteiger partial charge in [0.15, 0.2) is 6.10 Å². The quantitative estimate of drug-likeness (QED) is 0.0529. The van der Waals surface area contributed by atoms with Gasteiger partial charge in [-0.3, -0.25) is 18.6 Å². The van der Waals surface area contributed by atoms with Crippen LogP contribution in [0, 0.1) is 0 Å². The Morgan fingerprint density at radius 1 is 0.667 bits per heavy atom. The van der Waals surface area contributed by atoms with Crippen LogP contribution in [0.2, 0.25) is 0 Å². The first kappa shape index (κ1) is 38.0. The third-order valence-electron chi connectivity index (χ3n) is 6.49. The predicted octanol–water partition coefficient (Wildman–Crippen LogP) is 7.38. The van der Waals surface area contributed by atoms with E-state index >= 15 is 0 Å². The number of phosphoric acid groups is 1. The van der Waals surface area contributed by atoms with Crippen LogP contribution in [0.5, 0.6) is 0 Å². The lowest BCUT2D eigenvalue weighted by atomic mass is 10.1. The summed E-state index contributed by atoms with van der Waals surface area (Å²) in [4.78, 5) is 34.3. The standard InChI is InChI=1S/C29H58NO8P/c1-3-5-7-9-11-13-15-17-19-21-28(31)35-25-27(26-37-39(33,34)36-24-23-30)38-29(32)22-20-18-16-14-12-10-8-6-4-2/h27H,3-26,30H2,1-2H3,(H,33,34)/t27-/m0/s1. The molecule has 39 heavy (non-hydrogen) atoms. The van der Waals surface area contributed by atoms with Crippen LogP contribution >= 0.6 is 7.82 Å². The molecule has 0 spiro atoms. The number of hydrogen-bond acceptors (Lipinski definition) is 8. The Kier molecular flexibility index (Phi) is 26.5. The molecule has 0 saturated carbocycles. The highest BCUT2D eigenvalue weighted by atomic mass is 31.2. The number of rotatable bonds is 29. The van der Waals surface area contributed by atoms with E-state index in [2.05, 4.69) is 13.8 Å². The van der Waals surface area contributed by atoms with Crippen LogP contribution in [0.4, 0.5) is 0 Å². The minimum Gasteiger partial charge on any atom is -0.462 e. The molecule has 1 unspecified atom stereocenters. The van der Waals surface area contributed by atoms with Crippen molar-refractivity contribution in [2.45, 2.75) is 148 Å². The minimum absolute atomic E-state index is 0.0571. The van der Waals surface area contributed by atoms with Crippen LogP contribution in [-0.2, 0) is 32.7 Å². The lowest BCUT2D eigenvalue weighted by Gasteiger charge is -2.19. The Balaban J connectivity index is 4.33. The fraction of sp³-hybridized carbons (Fsp3) is 0.931. The van der Waals surface area contributed by atoms with Crippen molar-refractivity contribution in [1.82, 2.24) is 0 Å². The van der Waals surface area contributed by atoms with Crippen LogP contribution in [0.3, 0.4) is 0 Å². The number of carbonyl (C=O) groups excluding carboxylic acids is 2. The summed E-state index contributed by atoms with van der Waals surface area (Å²) in [5.74, 6) is -0.832. The molecular weight excluding hydrogens is 521 g/mol.